The van der Waals surface area contributed by atoms with Gasteiger partial charge in [-0.2, -0.15) is 0 Å². The maximum Gasteiger partial charge on any atom is 0.231 e. The van der Waals surface area contributed by atoms with Gasteiger partial charge in [-0.3, -0.25) is 4.79 Å². The molecule has 0 aliphatic rings. The van der Waals surface area contributed by atoms with Gasteiger partial charge in [0.2, 0.25) is 5.43 Å². The molecule has 0 aliphatic heterocycles. The summed E-state index contributed by atoms with van der Waals surface area (Å²) in [5.74, 6) is -2.51. The quantitative estimate of drug-likeness (QED) is 0.791. The normalized spacial score (nSPS) is 11.2. The fourth-order valence-corrected chi connectivity index (χ4v) is 2.41. The Labute approximate surface area is 121 Å². The first kappa shape index (κ1) is 15.5. The first-order valence-electron chi connectivity index (χ1n) is 7.27. The van der Waals surface area contributed by atoms with Crippen LogP contribution in [0.4, 0.5) is 8.78 Å². The molecule has 2 aromatic rings. The number of fused-ring (bicyclic) bond motifs is 1. The minimum atomic E-state index is -1.10. The van der Waals surface area contributed by atoms with Crippen LogP contribution >= 0.6 is 0 Å². The summed E-state index contributed by atoms with van der Waals surface area (Å²) in [6, 6.07) is 1.76. The summed E-state index contributed by atoms with van der Waals surface area (Å²) in [7, 11) is 0. The molecular weight excluding hydrogens is 276 g/mol. The van der Waals surface area contributed by atoms with Crippen LogP contribution in [-0.4, -0.2) is 10.1 Å². The molecule has 0 fully saturated rings. The highest BCUT2D eigenvalue weighted by molar-refractivity contribution is 5.80. The van der Waals surface area contributed by atoms with Crippen molar-refractivity contribution in [2.75, 3.05) is 0 Å². The minimum Gasteiger partial charge on any atom is -0.503 e. The van der Waals surface area contributed by atoms with Crippen LogP contribution in [-0.2, 0) is 6.42 Å². The summed E-state index contributed by atoms with van der Waals surface area (Å²) in [5, 5.41) is 9.86. The van der Waals surface area contributed by atoms with Crippen molar-refractivity contribution in [2.45, 2.75) is 45.4 Å². The van der Waals surface area contributed by atoms with Crippen molar-refractivity contribution in [3.63, 3.8) is 0 Å². The van der Waals surface area contributed by atoms with Crippen LogP contribution in [0.2, 0.25) is 0 Å². The number of aromatic hydroxyl groups is 1. The maximum atomic E-state index is 13.2. The number of rotatable bonds is 6. The van der Waals surface area contributed by atoms with Crippen LogP contribution in [0.5, 0.6) is 5.75 Å². The summed E-state index contributed by atoms with van der Waals surface area (Å²) in [6.07, 6.45) is 5.76. The number of benzene rings is 1. The van der Waals surface area contributed by atoms with E-state index in [-0.39, 0.29) is 10.9 Å². The molecule has 1 aromatic carbocycles. The second-order valence-corrected chi connectivity index (χ2v) is 5.26. The first-order chi connectivity index (χ1) is 10.0. The number of pyridine rings is 1. The van der Waals surface area contributed by atoms with Gasteiger partial charge >= 0.3 is 0 Å². The lowest BCUT2D eigenvalue weighted by molar-refractivity contribution is 0.458. The number of aromatic amines is 1. The molecule has 114 valence electrons. The molecular formula is C16H19F2NO2. The standard InChI is InChI=1S/C16H19F2NO2/c1-2-3-4-5-6-7-13-16(21)15(20)10-8-11(17)12(18)9-14(10)19-13/h8-9,21H,2-7H2,1H3,(H,19,20). The zero-order valence-corrected chi connectivity index (χ0v) is 12.0. The van der Waals surface area contributed by atoms with Gasteiger partial charge in [0, 0.05) is 6.07 Å². The molecule has 0 atom stereocenters. The molecule has 0 unspecified atom stereocenters. The van der Waals surface area contributed by atoms with E-state index in [2.05, 4.69) is 11.9 Å². The first-order valence-corrected chi connectivity index (χ1v) is 7.27. The lowest BCUT2D eigenvalue weighted by Gasteiger charge is -2.08. The number of hydrogen-bond acceptors (Lipinski definition) is 2. The van der Waals surface area contributed by atoms with Crippen LogP contribution in [0.15, 0.2) is 16.9 Å². The van der Waals surface area contributed by atoms with E-state index in [1.165, 1.54) is 0 Å². The summed E-state index contributed by atoms with van der Waals surface area (Å²) >= 11 is 0. The number of aryl methyl sites for hydroxylation is 1. The van der Waals surface area contributed by atoms with Crippen molar-refractivity contribution < 1.29 is 13.9 Å². The molecule has 2 N–H and O–H groups in total. The predicted molar refractivity (Wildman–Crippen MR) is 78.6 cm³/mol. The SMILES string of the molecule is CCCCCCCc1[nH]c2cc(F)c(F)cc2c(=O)c1O. The van der Waals surface area contributed by atoms with Crippen LogP contribution in [0.25, 0.3) is 10.9 Å². The van der Waals surface area contributed by atoms with Crippen molar-refractivity contribution >= 4 is 10.9 Å². The van der Waals surface area contributed by atoms with E-state index in [1.807, 2.05) is 0 Å². The Kier molecular flexibility index (Phi) is 4.94. The largest absolute Gasteiger partial charge is 0.503 e. The van der Waals surface area contributed by atoms with E-state index in [9.17, 15) is 18.7 Å². The van der Waals surface area contributed by atoms with Crippen molar-refractivity contribution in [1.29, 1.82) is 0 Å². The Morgan fingerprint density at radius 3 is 2.48 bits per heavy atom. The van der Waals surface area contributed by atoms with Gasteiger partial charge in [0.1, 0.15) is 0 Å². The van der Waals surface area contributed by atoms with E-state index in [0.29, 0.717) is 12.1 Å². The average molecular weight is 295 g/mol. The van der Waals surface area contributed by atoms with Gasteiger partial charge < -0.3 is 10.1 Å². The third-order valence-corrected chi connectivity index (χ3v) is 3.62. The van der Waals surface area contributed by atoms with E-state index >= 15 is 0 Å². The summed E-state index contributed by atoms with van der Waals surface area (Å²) < 4.78 is 26.4. The van der Waals surface area contributed by atoms with Gasteiger partial charge in [0.05, 0.1) is 16.6 Å². The third-order valence-electron chi connectivity index (χ3n) is 3.62. The van der Waals surface area contributed by atoms with Gasteiger partial charge in [0.25, 0.3) is 0 Å². The van der Waals surface area contributed by atoms with Gasteiger partial charge in [-0.25, -0.2) is 8.78 Å². The molecule has 2 rings (SSSR count). The van der Waals surface area contributed by atoms with Gasteiger partial charge in [-0.1, -0.05) is 32.6 Å². The lowest BCUT2D eigenvalue weighted by atomic mass is 10.1. The summed E-state index contributed by atoms with van der Waals surface area (Å²) in [5.41, 5.74) is -0.0681. The zero-order valence-electron chi connectivity index (χ0n) is 12.0. The van der Waals surface area contributed by atoms with Crippen LogP contribution in [0.3, 0.4) is 0 Å². The lowest BCUT2D eigenvalue weighted by Crippen LogP contribution is -2.08. The van der Waals surface area contributed by atoms with Crippen LogP contribution in [0.1, 0.15) is 44.7 Å². The highest BCUT2D eigenvalue weighted by atomic mass is 19.2. The van der Waals surface area contributed by atoms with Crippen LogP contribution < -0.4 is 5.43 Å². The van der Waals surface area contributed by atoms with Gasteiger partial charge in [0.15, 0.2) is 17.4 Å². The Morgan fingerprint density at radius 1 is 1.10 bits per heavy atom. The molecule has 0 spiro atoms. The molecule has 0 amide bonds. The van der Waals surface area contributed by atoms with Gasteiger partial charge in [-0.15, -0.1) is 0 Å². The number of unbranched alkanes of at least 4 members (excludes halogenated alkanes) is 4. The second-order valence-electron chi connectivity index (χ2n) is 5.26. The highest BCUT2D eigenvalue weighted by Crippen LogP contribution is 2.20. The average Bonchev–Trinajstić information content (AvgIpc) is 2.46. The van der Waals surface area contributed by atoms with E-state index in [1.54, 1.807) is 0 Å². The van der Waals surface area contributed by atoms with Crippen molar-refractivity contribution in [1.82, 2.24) is 4.98 Å². The van der Waals surface area contributed by atoms with Crippen molar-refractivity contribution in [3.8, 4) is 5.75 Å². The number of nitrogens with one attached hydrogen (secondary N) is 1. The Balaban J connectivity index is 2.27. The molecule has 21 heavy (non-hydrogen) atoms. The highest BCUT2D eigenvalue weighted by Gasteiger charge is 2.13. The monoisotopic (exact) mass is 295 g/mol. The fraction of sp³-hybridized carbons (Fsp3) is 0.438. The Hall–Kier alpha value is -1.91. The fourth-order valence-electron chi connectivity index (χ4n) is 2.41. The predicted octanol–water partition coefficient (Wildman–Crippen LogP) is 4.02. The van der Waals surface area contributed by atoms with E-state index < -0.39 is 22.8 Å². The molecule has 1 aromatic heterocycles. The maximum absolute atomic E-state index is 13.2. The second kappa shape index (κ2) is 6.70. The van der Waals surface area contributed by atoms with Crippen molar-refractivity contribution in [2.24, 2.45) is 0 Å². The third kappa shape index (κ3) is 3.40. The zero-order chi connectivity index (χ0) is 15.4. The summed E-state index contributed by atoms with van der Waals surface area (Å²) in [6.45, 7) is 2.13. The van der Waals surface area contributed by atoms with Crippen molar-refractivity contribution in [3.05, 3.63) is 39.7 Å². The number of H-pyrrole nitrogens is 1. The molecule has 1 heterocycles. The van der Waals surface area contributed by atoms with Gasteiger partial charge in [-0.05, 0) is 18.9 Å². The molecule has 0 radical (unpaired) electrons. The van der Waals surface area contributed by atoms with Crippen LogP contribution in [0, 0.1) is 11.6 Å². The number of aromatic nitrogens is 1. The summed E-state index contributed by atoms with van der Waals surface area (Å²) in [4.78, 5) is 14.8. The molecule has 0 saturated carbocycles. The van der Waals surface area contributed by atoms with E-state index in [4.69, 9.17) is 0 Å². The Morgan fingerprint density at radius 2 is 1.76 bits per heavy atom. The number of hydrogen-bond donors (Lipinski definition) is 2. The molecule has 5 heteroatoms. The Bertz CT molecular complexity index is 695. The molecule has 0 saturated heterocycles. The minimum absolute atomic E-state index is 0.0406. The smallest absolute Gasteiger partial charge is 0.231 e. The van der Waals surface area contributed by atoms with E-state index in [0.717, 1.165) is 44.2 Å². The molecule has 0 aliphatic carbocycles. The molecule has 3 nitrogen and oxygen atoms in total. The number of halogens is 2. The topological polar surface area (TPSA) is 53.1 Å². The molecule has 0 bridgehead atoms.